The fraction of sp³-hybridized carbons (Fsp3) is 0.600. The van der Waals surface area contributed by atoms with Crippen molar-refractivity contribution in [1.82, 2.24) is 4.90 Å². The second-order valence-electron chi connectivity index (χ2n) is 5.67. The fourth-order valence-corrected chi connectivity index (χ4v) is 2.86. The van der Waals surface area contributed by atoms with E-state index >= 15 is 0 Å². The average molecular weight is 269 g/mol. The van der Waals surface area contributed by atoms with E-state index in [2.05, 4.69) is 0 Å². The molecular formula is C15H21F2NO. The van der Waals surface area contributed by atoms with Crippen molar-refractivity contribution in [2.75, 3.05) is 20.1 Å². The number of halogens is 2. The van der Waals surface area contributed by atoms with E-state index in [9.17, 15) is 13.9 Å². The van der Waals surface area contributed by atoms with Crippen molar-refractivity contribution in [3.63, 3.8) is 0 Å². The maximum Gasteiger partial charge on any atom is 0.285 e. The molecule has 1 aromatic rings. The Bertz CT molecular complexity index is 402. The summed E-state index contributed by atoms with van der Waals surface area (Å²) in [5.74, 6) is -2.88. The average Bonchev–Trinajstić information content (AvgIpc) is 2.76. The summed E-state index contributed by atoms with van der Waals surface area (Å²) in [6.45, 7) is -0.0469. The summed E-state index contributed by atoms with van der Waals surface area (Å²) in [6.07, 6.45) is 3.40. The highest BCUT2D eigenvalue weighted by Crippen LogP contribution is 2.32. The van der Waals surface area contributed by atoms with Crippen LogP contribution in [0.15, 0.2) is 30.3 Å². The van der Waals surface area contributed by atoms with Gasteiger partial charge in [0.05, 0.1) is 12.1 Å². The second-order valence-corrected chi connectivity index (χ2v) is 5.67. The molecule has 2 rings (SSSR count). The van der Waals surface area contributed by atoms with Gasteiger partial charge < -0.3 is 5.11 Å². The van der Waals surface area contributed by atoms with Crippen LogP contribution in [0, 0.1) is 0 Å². The van der Waals surface area contributed by atoms with Gasteiger partial charge in [0.15, 0.2) is 0 Å². The molecule has 4 heteroatoms. The van der Waals surface area contributed by atoms with Crippen molar-refractivity contribution in [1.29, 1.82) is 0 Å². The first-order valence-electron chi connectivity index (χ1n) is 6.76. The largest absolute Gasteiger partial charge is 0.389 e. The lowest BCUT2D eigenvalue weighted by Gasteiger charge is -2.31. The molecule has 1 fully saturated rings. The summed E-state index contributed by atoms with van der Waals surface area (Å²) in [6, 6.07) is 7.85. The van der Waals surface area contributed by atoms with Crippen LogP contribution < -0.4 is 0 Å². The molecule has 0 amide bonds. The molecule has 0 unspecified atom stereocenters. The number of hydrogen-bond donors (Lipinski definition) is 1. The first-order valence-corrected chi connectivity index (χ1v) is 6.76. The molecule has 2 nitrogen and oxygen atoms in total. The third-order valence-electron chi connectivity index (χ3n) is 3.76. The van der Waals surface area contributed by atoms with Crippen LogP contribution >= 0.6 is 0 Å². The van der Waals surface area contributed by atoms with E-state index in [0.29, 0.717) is 19.4 Å². The number of alkyl halides is 2. The van der Waals surface area contributed by atoms with E-state index in [4.69, 9.17) is 0 Å². The smallest absolute Gasteiger partial charge is 0.285 e. The Hall–Kier alpha value is -1.00. The van der Waals surface area contributed by atoms with Gasteiger partial charge >= 0.3 is 0 Å². The summed E-state index contributed by atoms with van der Waals surface area (Å²) < 4.78 is 28.2. The van der Waals surface area contributed by atoms with Crippen molar-refractivity contribution < 1.29 is 13.9 Å². The van der Waals surface area contributed by atoms with Crippen LogP contribution in [0.25, 0.3) is 0 Å². The zero-order chi connectivity index (χ0) is 13.9. The lowest BCUT2D eigenvalue weighted by Crippen LogP contribution is -2.43. The minimum Gasteiger partial charge on any atom is -0.389 e. The lowest BCUT2D eigenvalue weighted by atomic mass is 10.0. The highest BCUT2D eigenvalue weighted by molar-refractivity contribution is 5.20. The normalized spacial score (nSPS) is 19.0. The topological polar surface area (TPSA) is 23.5 Å². The van der Waals surface area contributed by atoms with Gasteiger partial charge in [0, 0.05) is 12.1 Å². The molecule has 1 aliphatic rings. The molecule has 0 spiro atoms. The predicted molar refractivity (Wildman–Crippen MR) is 71.3 cm³/mol. The molecule has 19 heavy (non-hydrogen) atoms. The Labute approximate surface area is 113 Å². The number of benzene rings is 1. The molecule has 1 aliphatic carbocycles. The molecule has 1 aromatic carbocycles. The van der Waals surface area contributed by atoms with Crippen LogP contribution in [0.2, 0.25) is 0 Å². The maximum absolute atomic E-state index is 14.1. The predicted octanol–water partition coefficient (Wildman–Crippen LogP) is 3.02. The zero-order valence-corrected chi connectivity index (χ0v) is 11.3. The molecule has 0 saturated heterocycles. The Morgan fingerprint density at radius 2 is 1.79 bits per heavy atom. The quantitative estimate of drug-likeness (QED) is 0.888. The summed E-state index contributed by atoms with van der Waals surface area (Å²) in [7, 11) is 1.65. The molecule has 1 saturated carbocycles. The van der Waals surface area contributed by atoms with Gasteiger partial charge in [-0.25, -0.2) is 0 Å². The van der Waals surface area contributed by atoms with Crippen molar-refractivity contribution in [3.8, 4) is 0 Å². The molecular weight excluding hydrogens is 248 g/mol. The Kier molecular flexibility index (Phi) is 4.21. The highest BCUT2D eigenvalue weighted by atomic mass is 19.3. The van der Waals surface area contributed by atoms with Crippen LogP contribution in [0.5, 0.6) is 0 Å². The van der Waals surface area contributed by atoms with E-state index in [0.717, 1.165) is 12.8 Å². The van der Waals surface area contributed by atoms with Gasteiger partial charge in [0.25, 0.3) is 5.92 Å². The monoisotopic (exact) mass is 269 g/mol. The van der Waals surface area contributed by atoms with E-state index in [-0.39, 0.29) is 12.1 Å². The molecule has 106 valence electrons. The minimum absolute atomic E-state index is 0.0280. The number of hydrogen-bond acceptors (Lipinski definition) is 2. The molecule has 0 atom stereocenters. The fourth-order valence-electron chi connectivity index (χ4n) is 2.86. The molecule has 0 aromatic heterocycles. The molecule has 0 radical (unpaired) electrons. The van der Waals surface area contributed by atoms with Gasteiger partial charge in [0.2, 0.25) is 0 Å². The number of nitrogens with zero attached hydrogens (tertiary/aromatic N) is 1. The number of likely N-dealkylation sites (N-methyl/N-ethyl adjacent to an activating group) is 1. The van der Waals surface area contributed by atoms with Crippen molar-refractivity contribution >= 4 is 0 Å². The maximum atomic E-state index is 14.1. The first kappa shape index (κ1) is 14.4. The van der Waals surface area contributed by atoms with Gasteiger partial charge in [-0.3, -0.25) is 4.90 Å². The van der Waals surface area contributed by atoms with Crippen LogP contribution in [-0.2, 0) is 5.92 Å². The van der Waals surface area contributed by atoms with Crippen LogP contribution in [-0.4, -0.2) is 35.7 Å². The van der Waals surface area contributed by atoms with Gasteiger partial charge in [-0.2, -0.15) is 8.78 Å². The highest BCUT2D eigenvalue weighted by Gasteiger charge is 2.37. The van der Waals surface area contributed by atoms with Gasteiger partial charge in [-0.1, -0.05) is 43.2 Å². The van der Waals surface area contributed by atoms with Crippen LogP contribution in [0.4, 0.5) is 8.78 Å². The van der Waals surface area contributed by atoms with Crippen molar-refractivity contribution in [2.45, 2.75) is 37.2 Å². The molecule has 0 aliphatic heterocycles. The summed E-state index contributed by atoms with van der Waals surface area (Å²) in [4.78, 5) is 1.54. The third kappa shape index (κ3) is 3.74. The Morgan fingerprint density at radius 3 is 2.37 bits per heavy atom. The van der Waals surface area contributed by atoms with Crippen molar-refractivity contribution in [3.05, 3.63) is 35.9 Å². The molecule has 0 heterocycles. The second kappa shape index (κ2) is 5.55. The summed E-state index contributed by atoms with van der Waals surface area (Å²) in [5, 5.41) is 10.2. The van der Waals surface area contributed by atoms with Crippen LogP contribution in [0.1, 0.15) is 31.2 Å². The van der Waals surface area contributed by atoms with Crippen LogP contribution in [0.3, 0.4) is 0 Å². The van der Waals surface area contributed by atoms with E-state index in [1.165, 1.54) is 12.1 Å². The summed E-state index contributed by atoms with van der Waals surface area (Å²) >= 11 is 0. The Morgan fingerprint density at radius 1 is 1.21 bits per heavy atom. The standard InChI is InChI=1S/C15H21F2NO/c1-18(11-14(19)9-5-6-10-14)12-15(16,17)13-7-3-2-4-8-13/h2-4,7-8,19H,5-6,9-12H2,1H3. The lowest BCUT2D eigenvalue weighted by molar-refractivity contribution is -0.0547. The van der Waals surface area contributed by atoms with Crippen molar-refractivity contribution in [2.24, 2.45) is 0 Å². The van der Waals surface area contributed by atoms with Gasteiger partial charge in [0.1, 0.15) is 0 Å². The number of rotatable bonds is 5. The van der Waals surface area contributed by atoms with E-state index < -0.39 is 11.5 Å². The summed E-state index contributed by atoms with van der Waals surface area (Å²) in [5.41, 5.74) is -0.748. The minimum atomic E-state index is -2.88. The third-order valence-corrected chi connectivity index (χ3v) is 3.76. The Balaban J connectivity index is 1.96. The SMILES string of the molecule is CN(CC1(O)CCCC1)CC(F)(F)c1ccccc1. The zero-order valence-electron chi connectivity index (χ0n) is 11.3. The van der Waals surface area contributed by atoms with E-state index in [1.807, 2.05) is 0 Å². The number of aliphatic hydroxyl groups is 1. The van der Waals surface area contributed by atoms with Gasteiger partial charge in [-0.15, -0.1) is 0 Å². The van der Waals surface area contributed by atoms with E-state index in [1.54, 1.807) is 30.1 Å². The van der Waals surface area contributed by atoms with Gasteiger partial charge in [-0.05, 0) is 19.9 Å². The molecule has 1 N–H and O–H groups in total. The first-order chi connectivity index (χ1) is 8.91. The molecule has 0 bridgehead atoms.